The van der Waals surface area contributed by atoms with E-state index in [-0.39, 0.29) is 5.56 Å². The fourth-order valence-electron chi connectivity index (χ4n) is 2.07. The Morgan fingerprint density at radius 1 is 1.25 bits per heavy atom. The molecule has 0 unspecified atom stereocenters. The number of hydrogen-bond acceptors (Lipinski definition) is 3. The first kappa shape index (κ1) is 9.27. The van der Waals surface area contributed by atoms with Crippen LogP contribution >= 0.6 is 0 Å². The SMILES string of the molecule is O=c1[nH]c(C2=CCCC2)cc2nccnc12. The molecular weight excluding hydrogens is 202 g/mol. The summed E-state index contributed by atoms with van der Waals surface area (Å²) >= 11 is 0. The normalized spacial score (nSPS) is 15.4. The molecule has 0 amide bonds. The van der Waals surface area contributed by atoms with E-state index in [4.69, 9.17) is 0 Å². The first-order valence-corrected chi connectivity index (χ1v) is 5.38. The first-order chi connectivity index (χ1) is 7.84. The van der Waals surface area contributed by atoms with Crippen molar-refractivity contribution >= 4 is 16.6 Å². The van der Waals surface area contributed by atoms with Gasteiger partial charge in [0, 0.05) is 18.1 Å². The standard InChI is InChI=1S/C12H11N3O/c16-12-11-10(13-5-6-14-11)7-9(15-12)8-3-1-2-4-8/h3,5-7H,1-2,4H2,(H,15,16). The second kappa shape index (κ2) is 3.56. The van der Waals surface area contributed by atoms with Gasteiger partial charge in [-0.2, -0.15) is 0 Å². The molecule has 4 heteroatoms. The third kappa shape index (κ3) is 1.43. The minimum atomic E-state index is -0.159. The predicted octanol–water partition coefficient (Wildman–Crippen LogP) is 1.89. The van der Waals surface area contributed by atoms with Crippen LogP contribution < -0.4 is 5.56 Å². The van der Waals surface area contributed by atoms with Crippen molar-refractivity contribution in [3.05, 3.63) is 40.6 Å². The highest BCUT2D eigenvalue weighted by Gasteiger charge is 2.10. The zero-order chi connectivity index (χ0) is 11.0. The summed E-state index contributed by atoms with van der Waals surface area (Å²) in [6, 6.07) is 1.90. The van der Waals surface area contributed by atoms with Crippen molar-refractivity contribution < 1.29 is 0 Å². The van der Waals surface area contributed by atoms with E-state index < -0.39 is 0 Å². The number of nitrogens with one attached hydrogen (secondary N) is 1. The lowest BCUT2D eigenvalue weighted by molar-refractivity contribution is 0.932. The maximum atomic E-state index is 11.8. The minimum absolute atomic E-state index is 0.159. The number of pyridine rings is 1. The summed E-state index contributed by atoms with van der Waals surface area (Å²) in [5.74, 6) is 0. The topological polar surface area (TPSA) is 58.6 Å². The van der Waals surface area contributed by atoms with E-state index >= 15 is 0 Å². The molecule has 1 aliphatic rings. The van der Waals surface area contributed by atoms with Crippen LogP contribution in [-0.4, -0.2) is 15.0 Å². The molecule has 0 radical (unpaired) electrons. The van der Waals surface area contributed by atoms with Gasteiger partial charge < -0.3 is 4.98 Å². The molecule has 0 saturated carbocycles. The monoisotopic (exact) mass is 213 g/mol. The van der Waals surface area contributed by atoms with Gasteiger partial charge in [0.05, 0.1) is 5.52 Å². The molecule has 2 aromatic heterocycles. The second-order valence-corrected chi connectivity index (χ2v) is 3.92. The van der Waals surface area contributed by atoms with E-state index in [1.54, 1.807) is 6.20 Å². The highest BCUT2D eigenvalue weighted by atomic mass is 16.1. The van der Waals surface area contributed by atoms with Crippen molar-refractivity contribution in [3.63, 3.8) is 0 Å². The zero-order valence-corrected chi connectivity index (χ0v) is 8.73. The Kier molecular flexibility index (Phi) is 2.06. The lowest BCUT2D eigenvalue weighted by atomic mass is 10.1. The van der Waals surface area contributed by atoms with Crippen molar-refractivity contribution in [1.82, 2.24) is 15.0 Å². The maximum absolute atomic E-state index is 11.8. The average molecular weight is 213 g/mol. The molecule has 0 aromatic carbocycles. The van der Waals surface area contributed by atoms with Gasteiger partial charge in [0.2, 0.25) is 0 Å². The molecule has 0 bridgehead atoms. The molecule has 2 heterocycles. The molecule has 16 heavy (non-hydrogen) atoms. The number of allylic oxidation sites excluding steroid dienone is 2. The van der Waals surface area contributed by atoms with Crippen molar-refractivity contribution in [2.24, 2.45) is 0 Å². The average Bonchev–Trinajstić information content (AvgIpc) is 2.82. The summed E-state index contributed by atoms with van der Waals surface area (Å²) in [5.41, 5.74) is 3.01. The van der Waals surface area contributed by atoms with Crippen molar-refractivity contribution in [2.45, 2.75) is 19.3 Å². The van der Waals surface area contributed by atoms with Gasteiger partial charge in [-0.05, 0) is 30.9 Å². The Morgan fingerprint density at radius 2 is 2.12 bits per heavy atom. The van der Waals surface area contributed by atoms with Crippen molar-refractivity contribution in [2.75, 3.05) is 0 Å². The number of fused-ring (bicyclic) bond motifs is 1. The van der Waals surface area contributed by atoms with E-state index in [0.29, 0.717) is 11.0 Å². The maximum Gasteiger partial charge on any atom is 0.276 e. The molecule has 1 aliphatic carbocycles. The van der Waals surface area contributed by atoms with Gasteiger partial charge >= 0.3 is 0 Å². The molecule has 0 fully saturated rings. The molecule has 1 N–H and O–H groups in total. The molecule has 2 aromatic rings. The number of aromatic amines is 1. The molecule has 0 aliphatic heterocycles. The fourth-order valence-corrected chi connectivity index (χ4v) is 2.07. The van der Waals surface area contributed by atoms with Crippen LogP contribution in [-0.2, 0) is 0 Å². The summed E-state index contributed by atoms with van der Waals surface area (Å²) in [5, 5.41) is 0. The summed E-state index contributed by atoms with van der Waals surface area (Å²) in [6.07, 6.45) is 8.60. The Balaban J connectivity index is 2.25. The van der Waals surface area contributed by atoms with E-state index in [9.17, 15) is 4.79 Å². The van der Waals surface area contributed by atoms with E-state index in [1.807, 2.05) is 6.07 Å². The Morgan fingerprint density at radius 3 is 2.94 bits per heavy atom. The lowest BCUT2D eigenvalue weighted by Gasteiger charge is -2.03. The van der Waals surface area contributed by atoms with Gasteiger partial charge in [-0.1, -0.05) is 6.08 Å². The lowest BCUT2D eigenvalue weighted by Crippen LogP contribution is -2.10. The molecule has 0 atom stereocenters. The van der Waals surface area contributed by atoms with Gasteiger partial charge in [0.25, 0.3) is 5.56 Å². The summed E-state index contributed by atoms with van der Waals surface area (Å²) < 4.78 is 0. The number of aromatic nitrogens is 3. The smallest absolute Gasteiger partial charge is 0.276 e. The van der Waals surface area contributed by atoms with Crippen LogP contribution in [0.15, 0.2) is 29.3 Å². The van der Waals surface area contributed by atoms with E-state index in [1.165, 1.54) is 11.8 Å². The largest absolute Gasteiger partial charge is 0.320 e. The molecular formula is C12H11N3O. The Labute approximate surface area is 92.1 Å². The predicted molar refractivity (Wildman–Crippen MR) is 62.0 cm³/mol. The third-order valence-electron chi connectivity index (χ3n) is 2.86. The van der Waals surface area contributed by atoms with Crippen LogP contribution in [0.5, 0.6) is 0 Å². The molecule has 80 valence electrons. The van der Waals surface area contributed by atoms with Crippen LogP contribution in [0.2, 0.25) is 0 Å². The van der Waals surface area contributed by atoms with Crippen LogP contribution in [0.4, 0.5) is 0 Å². The fraction of sp³-hybridized carbons (Fsp3) is 0.250. The summed E-state index contributed by atoms with van der Waals surface area (Å²) in [7, 11) is 0. The summed E-state index contributed by atoms with van der Waals surface area (Å²) in [6.45, 7) is 0. The van der Waals surface area contributed by atoms with Crippen LogP contribution in [0.3, 0.4) is 0 Å². The quantitative estimate of drug-likeness (QED) is 0.786. The van der Waals surface area contributed by atoms with Crippen LogP contribution in [0, 0.1) is 0 Å². The third-order valence-corrected chi connectivity index (χ3v) is 2.86. The molecule has 4 nitrogen and oxygen atoms in total. The number of H-pyrrole nitrogens is 1. The number of rotatable bonds is 1. The van der Waals surface area contributed by atoms with Gasteiger partial charge in [0.1, 0.15) is 0 Å². The Hall–Kier alpha value is -1.97. The van der Waals surface area contributed by atoms with Crippen LogP contribution in [0.25, 0.3) is 16.6 Å². The van der Waals surface area contributed by atoms with Gasteiger partial charge in [-0.3, -0.25) is 9.78 Å². The van der Waals surface area contributed by atoms with Crippen molar-refractivity contribution in [3.8, 4) is 0 Å². The second-order valence-electron chi connectivity index (χ2n) is 3.92. The van der Waals surface area contributed by atoms with E-state index in [0.717, 1.165) is 25.0 Å². The minimum Gasteiger partial charge on any atom is -0.320 e. The highest BCUT2D eigenvalue weighted by Crippen LogP contribution is 2.26. The first-order valence-electron chi connectivity index (χ1n) is 5.38. The Bertz CT molecular complexity index is 627. The highest BCUT2D eigenvalue weighted by molar-refractivity contribution is 5.77. The molecule has 0 spiro atoms. The van der Waals surface area contributed by atoms with Crippen molar-refractivity contribution in [1.29, 1.82) is 0 Å². The van der Waals surface area contributed by atoms with Gasteiger partial charge in [-0.25, -0.2) is 4.98 Å². The molecule has 0 saturated heterocycles. The number of nitrogens with zero attached hydrogens (tertiary/aromatic N) is 2. The van der Waals surface area contributed by atoms with Gasteiger partial charge in [0.15, 0.2) is 5.52 Å². The summed E-state index contributed by atoms with van der Waals surface area (Å²) in [4.78, 5) is 22.8. The zero-order valence-electron chi connectivity index (χ0n) is 8.73. The molecule has 3 rings (SSSR count). The van der Waals surface area contributed by atoms with Crippen LogP contribution in [0.1, 0.15) is 25.0 Å². The van der Waals surface area contributed by atoms with E-state index in [2.05, 4.69) is 21.0 Å². The number of hydrogen-bond donors (Lipinski definition) is 1. The van der Waals surface area contributed by atoms with Gasteiger partial charge in [-0.15, -0.1) is 0 Å².